The Morgan fingerprint density at radius 3 is 2.05 bits per heavy atom. The van der Waals surface area contributed by atoms with E-state index in [1.807, 2.05) is 0 Å². The normalized spacial score (nSPS) is 12.1. The first-order chi connectivity index (χ1) is 17.5. The van der Waals surface area contributed by atoms with E-state index in [-0.39, 0.29) is 34.0 Å². The van der Waals surface area contributed by atoms with Crippen LogP contribution >= 0.6 is 0 Å². The fourth-order valence-electron chi connectivity index (χ4n) is 3.84. The zero-order chi connectivity index (χ0) is 27.3. The molecular formula is C25H25N5O7. The van der Waals surface area contributed by atoms with Gasteiger partial charge in [-0.3, -0.25) is 19.7 Å². The van der Waals surface area contributed by atoms with Crippen molar-refractivity contribution in [1.82, 2.24) is 0 Å². The van der Waals surface area contributed by atoms with Gasteiger partial charge < -0.3 is 31.6 Å². The summed E-state index contributed by atoms with van der Waals surface area (Å²) in [6.45, 7) is 1.53. The summed E-state index contributed by atoms with van der Waals surface area (Å²) in [4.78, 5) is 48.0. The zero-order valence-electron chi connectivity index (χ0n) is 20.2. The maximum atomic E-state index is 12.8. The molecule has 3 aromatic carbocycles. The van der Waals surface area contributed by atoms with E-state index in [1.54, 1.807) is 18.2 Å². The van der Waals surface area contributed by atoms with Crippen molar-refractivity contribution in [1.29, 1.82) is 0 Å². The zero-order valence-corrected chi connectivity index (χ0v) is 20.2. The number of nitrogens with one attached hydrogen (secondary N) is 2. The van der Waals surface area contributed by atoms with Crippen LogP contribution in [-0.2, 0) is 10.2 Å². The average molecular weight is 508 g/mol. The van der Waals surface area contributed by atoms with Gasteiger partial charge in [0.2, 0.25) is 11.8 Å². The second-order valence-electron chi connectivity index (χ2n) is 8.04. The molecule has 0 spiro atoms. The number of anilines is 2. The molecule has 0 aliphatic rings. The molecule has 4 amide bonds. The number of hydrogen-bond donors (Lipinski definition) is 4. The van der Waals surface area contributed by atoms with Crippen molar-refractivity contribution in [2.75, 3.05) is 24.9 Å². The number of nitro groups is 1. The summed E-state index contributed by atoms with van der Waals surface area (Å²) in [7, 11) is 2.80. The van der Waals surface area contributed by atoms with E-state index in [0.717, 1.165) is 0 Å². The lowest BCUT2D eigenvalue weighted by Crippen LogP contribution is -2.41. The van der Waals surface area contributed by atoms with E-state index in [1.165, 1.54) is 63.6 Å². The molecule has 37 heavy (non-hydrogen) atoms. The fourth-order valence-corrected chi connectivity index (χ4v) is 3.84. The smallest absolute Gasteiger partial charge is 0.323 e. The molecule has 0 saturated heterocycles. The van der Waals surface area contributed by atoms with Crippen LogP contribution in [0.2, 0.25) is 0 Å². The molecule has 0 radical (unpaired) electrons. The number of para-hydroxylation sites is 2. The number of nitro benzene ring substituents is 1. The molecule has 1 atom stereocenters. The summed E-state index contributed by atoms with van der Waals surface area (Å²) in [6.07, 6.45) is 0. The monoisotopic (exact) mass is 507 g/mol. The molecule has 0 aliphatic heterocycles. The van der Waals surface area contributed by atoms with Crippen LogP contribution in [0.3, 0.4) is 0 Å². The predicted octanol–water partition coefficient (Wildman–Crippen LogP) is 3.15. The van der Waals surface area contributed by atoms with Gasteiger partial charge in [0.1, 0.15) is 5.69 Å². The third-order valence-corrected chi connectivity index (χ3v) is 5.89. The van der Waals surface area contributed by atoms with Crippen molar-refractivity contribution in [3.63, 3.8) is 0 Å². The topological polar surface area (TPSA) is 189 Å². The highest BCUT2D eigenvalue weighted by molar-refractivity contribution is 6.02. The molecule has 12 nitrogen and oxygen atoms in total. The molecule has 0 saturated carbocycles. The number of methoxy groups -OCH3 is 2. The van der Waals surface area contributed by atoms with Gasteiger partial charge in [-0.1, -0.05) is 24.3 Å². The molecular weight excluding hydrogens is 482 g/mol. The van der Waals surface area contributed by atoms with E-state index in [9.17, 15) is 24.5 Å². The molecule has 0 bridgehead atoms. The van der Waals surface area contributed by atoms with Gasteiger partial charge in [-0.25, -0.2) is 4.79 Å². The minimum Gasteiger partial charge on any atom is -0.493 e. The minimum absolute atomic E-state index is 0.0185. The van der Waals surface area contributed by atoms with E-state index in [0.29, 0.717) is 11.3 Å². The summed E-state index contributed by atoms with van der Waals surface area (Å²) < 4.78 is 10.6. The number of urea groups is 1. The lowest BCUT2D eigenvalue weighted by atomic mass is 9.73. The number of rotatable bonds is 9. The van der Waals surface area contributed by atoms with Crippen molar-refractivity contribution < 1.29 is 28.8 Å². The van der Waals surface area contributed by atoms with Gasteiger partial charge in [-0.15, -0.1) is 0 Å². The Kier molecular flexibility index (Phi) is 7.62. The van der Waals surface area contributed by atoms with Gasteiger partial charge in [-0.05, 0) is 48.4 Å². The lowest BCUT2D eigenvalue weighted by molar-refractivity contribution is -0.383. The van der Waals surface area contributed by atoms with E-state index in [2.05, 4.69) is 10.6 Å². The number of carbonyl (C=O) groups excluding carboxylic acids is 3. The molecule has 192 valence electrons. The number of ether oxygens (including phenoxy) is 2. The Labute approximate surface area is 211 Å². The summed E-state index contributed by atoms with van der Waals surface area (Å²) >= 11 is 0. The van der Waals surface area contributed by atoms with Crippen LogP contribution in [0.25, 0.3) is 0 Å². The first-order valence-electron chi connectivity index (χ1n) is 10.8. The molecule has 0 fully saturated rings. The number of hydrogen-bond acceptors (Lipinski definition) is 7. The Bertz CT molecular complexity index is 1370. The maximum absolute atomic E-state index is 12.8. The molecule has 1 unspecified atom stereocenters. The minimum atomic E-state index is -1.52. The van der Waals surface area contributed by atoms with Crippen LogP contribution in [0.15, 0.2) is 60.7 Å². The lowest BCUT2D eigenvalue weighted by Gasteiger charge is -2.30. The third-order valence-electron chi connectivity index (χ3n) is 5.89. The van der Waals surface area contributed by atoms with Crippen LogP contribution in [0, 0.1) is 10.1 Å². The van der Waals surface area contributed by atoms with Gasteiger partial charge in [0.15, 0.2) is 11.5 Å². The Morgan fingerprint density at radius 1 is 0.919 bits per heavy atom. The van der Waals surface area contributed by atoms with Crippen LogP contribution < -0.4 is 31.6 Å². The molecule has 0 heterocycles. The molecule has 0 aliphatic carbocycles. The second kappa shape index (κ2) is 10.6. The number of nitrogens with two attached hydrogens (primary N) is 2. The standard InChI is InChI=1S/C25H25N5O7/c1-25(23(27)32,17-13-21(37-3)20(36-2)12-16(17)22(26)31)14-8-10-15(11-9-14)28-24(33)29-18-6-4-5-7-19(18)30(34)35/h4-13H,1-3H3,(H2,26,31)(H2,27,32)(H2,28,29,33). The second-order valence-corrected chi connectivity index (χ2v) is 8.04. The van der Waals surface area contributed by atoms with Gasteiger partial charge in [0.05, 0.1) is 24.6 Å². The van der Waals surface area contributed by atoms with Crippen molar-refractivity contribution in [3.05, 3.63) is 87.5 Å². The number of primary amides is 2. The number of carbonyl (C=O) groups is 3. The van der Waals surface area contributed by atoms with Gasteiger partial charge in [0.25, 0.3) is 5.69 Å². The molecule has 3 aromatic rings. The number of benzene rings is 3. The quantitative estimate of drug-likeness (QED) is 0.253. The average Bonchev–Trinajstić information content (AvgIpc) is 2.87. The first-order valence-corrected chi connectivity index (χ1v) is 10.8. The van der Waals surface area contributed by atoms with Crippen LogP contribution in [0.4, 0.5) is 21.9 Å². The molecule has 3 rings (SSSR count). The van der Waals surface area contributed by atoms with Crippen molar-refractivity contribution in [2.45, 2.75) is 12.3 Å². The van der Waals surface area contributed by atoms with Gasteiger partial charge >= 0.3 is 6.03 Å². The SMILES string of the molecule is COc1cc(C(N)=O)c(C(C)(C(N)=O)c2ccc(NC(=O)Nc3ccccc3[N+](=O)[O-])cc2)cc1OC. The highest BCUT2D eigenvalue weighted by atomic mass is 16.6. The summed E-state index contributed by atoms with van der Waals surface area (Å²) in [5.41, 5.74) is 10.6. The van der Waals surface area contributed by atoms with E-state index in [4.69, 9.17) is 20.9 Å². The van der Waals surface area contributed by atoms with E-state index < -0.39 is 28.2 Å². The first kappa shape index (κ1) is 26.5. The van der Waals surface area contributed by atoms with Crippen LogP contribution in [0.5, 0.6) is 11.5 Å². The number of nitrogens with zero attached hydrogens (tertiary/aromatic N) is 1. The van der Waals surface area contributed by atoms with Crippen LogP contribution in [0.1, 0.15) is 28.4 Å². The largest absolute Gasteiger partial charge is 0.493 e. The molecule has 6 N–H and O–H groups in total. The maximum Gasteiger partial charge on any atom is 0.323 e. The van der Waals surface area contributed by atoms with Gasteiger partial charge in [-0.2, -0.15) is 0 Å². The summed E-state index contributed by atoms with van der Waals surface area (Å²) in [5.74, 6) is -1.05. The Hall–Kier alpha value is -5.13. The van der Waals surface area contributed by atoms with Crippen LogP contribution in [-0.4, -0.2) is 37.0 Å². The Balaban J connectivity index is 1.95. The van der Waals surface area contributed by atoms with Crippen molar-refractivity contribution in [2.24, 2.45) is 11.5 Å². The van der Waals surface area contributed by atoms with E-state index >= 15 is 0 Å². The highest BCUT2D eigenvalue weighted by Crippen LogP contribution is 2.40. The van der Waals surface area contributed by atoms with Gasteiger partial charge in [0, 0.05) is 17.3 Å². The molecule has 12 heteroatoms. The summed E-state index contributed by atoms with van der Waals surface area (Å²) in [6, 6.07) is 14.0. The highest BCUT2D eigenvalue weighted by Gasteiger charge is 2.39. The fraction of sp³-hybridized carbons (Fsp3) is 0.160. The Morgan fingerprint density at radius 2 is 1.51 bits per heavy atom. The molecule has 0 aromatic heterocycles. The van der Waals surface area contributed by atoms with Crippen molar-refractivity contribution >= 4 is 34.9 Å². The summed E-state index contributed by atoms with van der Waals surface area (Å²) in [5, 5.41) is 16.2. The number of amides is 4. The third kappa shape index (κ3) is 5.27. The predicted molar refractivity (Wildman–Crippen MR) is 136 cm³/mol. The van der Waals surface area contributed by atoms with Crippen molar-refractivity contribution in [3.8, 4) is 11.5 Å².